The van der Waals surface area contributed by atoms with Crippen LogP contribution in [0.2, 0.25) is 0 Å². The van der Waals surface area contributed by atoms with Gasteiger partial charge in [0.1, 0.15) is 5.75 Å². The molecule has 2 aromatic carbocycles. The second kappa shape index (κ2) is 9.66. The summed E-state index contributed by atoms with van der Waals surface area (Å²) in [5, 5.41) is 5.19. The van der Waals surface area contributed by atoms with Crippen LogP contribution in [0.1, 0.15) is 41.4 Å². The number of rotatable bonds is 8. The van der Waals surface area contributed by atoms with Gasteiger partial charge in [-0.2, -0.15) is 8.78 Å². The number of hydrogen-bond acceptors (Lipinski definition) is 3. The predicted molar refractivity (Wildman–Crippen MR) is 97.8 cm³/mol. The van der Waals surface area contributed by atoms with E-state index < -0.39 is 12.5 Å². The number of carbonyl (C=O) groups is 2. The Balaban J connectivity index is 1.90. The van der Waals surface area contributed by atoms with Crippen LogP contribution in [-0.4, -0.2) is 25.0 Å². The van der Waals surface area contributed by atoms with Gasteiger partial charge in [-0.15, -0.1) is 0 Å². The standard InChI is InChI=1S/C20H22F2N2O3/c1-3-14-8-10-15(11-9-14)13(2)24-18(25)12-23-19(26)16-6-4-5-7-17(16)27-20(21)22/h4-11,13,20H,3,12H2,1-2H3,(H,23,26)(H,24,25). The highest BCUT2D eigenvalue weighted by molar-refractivity contribution is 5.98. The number of nitrogens with one attached hydrogen (secondary N) is 2. The lowest BCUT2D eigenvalue weighted by Gasteiger charge is -2.15. The fraction of sp³-hybridized carbons (Fsp3) is 0.300. The summed E-state index contributed by atoms with van der Waals surface area (Å²) in [6.07, 6.45) is 0.934. The Morgan fingerprint density at radius 2 is 1.74 bits per heavy atom. The molecule has 1 unspecified atom stereocenters. The average Bonchev–Trinajstić information content (AvgIpc) is 2.66. The predicted octanol–water partition coefficient (Wildman–Crippen LogP) is 3.46. The summed E-state index contributed by atoms with van der Waals surface area (Å²) in [4.78, 5) is 24.2. The fourth-order valence-corrected chi connectivity index (χ4v) is 2.53. The Hall–Kier alpha value is -2.96. The van der Waals surface area contributed by atoms with Crippen LogP contribution in [0.3, 0.4) is 0 Å². The molecular weight excluding hydrogens is 354 g/mol. The van der Waals surface area contributed by atoms with E-state index in [1.165, 1.54) is 29.8 Å². The Labute approximate surface area is 156 Å². The van der Waals surface area contributed by atoms with Gasteiger partial charge in [-0.1, -0.05) is 43.3 Å². The number of hydrogen-bond donors (Lipinski definition) is 2. The molecule has 0 aliphatic rings. The van der Waals surface area contributed by atoms with Crippen molar-refractivity contribution in [3.8, 4) is 5.75 Å². The summed E-state index contributed by atoms with van der Waals surface area (Å²) < 4.78 is 29.1. The first-order valence-electron chi connectivity index (χ1n) is 8.61. The molecule has 7 heteroatoms. The smallest absolute Gasteiger partial charge is 0.387 e. The molecular formula is C20H22F2N2O3. The molecule has 2 amide bonds. The number of aryl methyl sites for hydroxylation is 1. The number of halogens is 2. The number of ether oxygens (including phenoxy) is 1. The van der Waals surface area contributed by atoms with E-state index in [-0.39, 0.29) is 29.8 Å². The largest absolute Gasteiger partial charge is 0.434 e. The molecule has 2 N–H and O–H groups in total. The van der Waals surface area contributed by atoms with Gasteiger partial charge in [0.2, 0.25) is 5.91 Å². The number of carbonyl (C=O) groups excluding carboxylic acids is 2. The van der Waals surface area contributed by atoms with Gasteiger partial charge in [0.25, 0.3) is 5.91 Å². The maximum atomic E-state index is 12.4. The van der Waals surface area contributed by atoms with E-state index in [1.807, 2.05) is 31.2 Å². The molecule has 27 heavy (non-hydrogen) atoms. The summed E-state index contributed by atoms with van der Waals surface area (Å²) in [6, 6.07) is 13.3. The van der Waals surface area contributed by atoms with Gasteiger partial charge in [0, 0.05) is 0 Å². The molecule has 0 heterocycles. The summed E-state index contributed by atoms with van der Waals surface area (Å²) in [5.41, 5.74) is 2.09. The van der Waals surface area contributed by atoms with Crippen molar-refractivity contribution < 1.29 is 23.1 Å². The van der Waals surface area contributed by atoms with Crippen LogP contribution in [0.25, 0.3) is 0 Å². The van der Waals surface area contributed by atoms with Gasteiger partial charge >= 0.3 is 6.61 Å². The third-order valence-electron chi connectivity index (χ3n) is 4.02. The highest BCUT2D eigenvalue weighted by Crippen LogP contribution is 2.20. The zero-order chi connectivity index (χ0) is 19.8. The van der Waals surface area contributed by atoms with Gasteiger partial charge in [-0.05, 0) is 36.6 Å². The van der Waals surface area contributed by atoms with Crippen LogP contribution in [0.5, 0.6) is 5.75 Å². The van der Waals surface area contributed by atoms with Crippen LogP contribution in [0.15, 0.2) is 48.5 Å². The first-order valence-corrected chi connectivity index (χ1v) is 8.61. The molecule has 5 nitrogen and oxygen atoms in total. The third-order valence-corrected chi connectivity index (χ3v) is 4.02. The molecule has 0 fully saturated rings. The SMILES string of the molecule is CCc1ccc(C(C)NC(=O)CNC(=O)c2ccccc2OC(F)F)cc1. The van der Waals surface area contributed by atoms with E-state index in [0.29, 0.717) is 0 Å². The van der Waals surface area contributed by atoms with Crippen molar-refractivity contribution in [3.63, 3.8) is 0 Å². The molecule has 0 aliphatic carbocycles. The lowest BCUT2D eigenvalue weighted by molar-refractivity contribution is -0.120. The van der Waals surface area contributed by atoms with Gasteiger partial charge in [-0.3, -0.25) is 9.59 Å². The van der Waals surface area contributed by atoms with E-state index in [1.54, 1.807) is 0 Å². The fourth-order valence-electron chi connectivity index (χ4n) is 2.53. The van der Waals surface area contributed by atoms with Crippen LogP contribution in [0.4, 0.5) is 8.78 Å². The summed E-state index contributed by atoms with van der Waals surface area (Å²) >= 11 is 0. The van der Waals surface area contributed by atoms with Crippen LogP contribution in [0, 0.1) is 0 Å². The Morgan fingerprint density at radius 3 is 2.37 bits per heavy atom. The molecule has 0 aromatic heterocycles. The van der Waals surface area contributed by atoms with Crippen molar-refractivity contribution in [1.29, 1.82) is 0 Å². The zero-order valence-electron chi connectivity index (χ0n) is 15.2. The normalized spacial score (nSPS) is 11.7. The minimum Gasteiger partial charge on any atom is -0.434 e. The van der Waals surface area contributed by atoms with Crippen LogP contribution >= 0.6 is 0 Å². The van der Waals surface area contributed by atoms with E-state index in [9.17, 15) is 18.4 Å². The van der Waals surface area contributed by atoms with E-state index >= 15 is 0 Å². The molecule has 0 saturated carbocycles. The minimum absolute atomic E-state index is 0.0613. The topological polar surface area (TPSA) is 67.4 Å². The van der Waals surface area contributed by atoms with Crippen molar-refractivity contribution in [2.45, 2.75) is 32.9 Å². The highest BCUT2D eigenvalue weighted by atomic mass is 19.3. The van der Waals surface area contributed by atoms with Crippen molar-refractivity contribution in [2.24, 2.45) is 0 Å². The first kappa shape index (κ1) is 20.4. The molecule has 2 aromatic rings. The van der Waals surface area contributed by atoms with Gasteiger partial charge in [0.05, 0.1) is 18.2 Å². The number of para-hydroxylation sites is 1. The molecule has 2 rings (SSSR count). The molecule has 0 saturated heterocycles. The number of amides is 2. The molecule has 0 spiro atoms. The maximum absolute atomic E-state index is 12.4. The van der Waals surface area contributed by atoms with E-state index in [4.69, 9.17) is 0 Å². The lowest BCUT2D eigenvalue weighted by atomic mass is 10.1. The van der Waals surface area contributed by atoms with Crippen molar-refractivity contribution >= 4 is 11.8 Å². The van der Waals surface area contributed by atoms with Gasteiger partial charge in [-0.25, -0.2) is 0 Å². The lowest BCUT2D eigenvalue weighted by Crippen LogP contribution is -2.38. The highest BCUT2D eigenvalue weighted by Gasteiger charge is 2.16. The molecule has 1 atom stereocenters. The second-order valence-electron chi connectivity index (χ2n) is 5.94. The number of benzene rings is 2. The molecule has 0 radical (unpaired) electrons. The molecule has 0 aliphatic heterocycles. The maximum Gasteiger partial charge on any atom is 0.387 e. The van der Waals surface area contributed by atoms with Crippen LogP contribution < -0.4 is 15.4 Å². The van der Waals surface area contributed by atoms with Gasteiger partial charge in [0.15, 0.2) is 0 Å². The zero-order valence-corrected chi connectivity index (χ0v) is 15.2. The number of alkyl halides is 2. The van der Waals surface area contributed by atoms with E-state index in [0.717, 1.165) is 12.0 Å². The summed E-state index contributed by atoms with van der Waals surface area (Å²) in [5.74, 6) is -1.29. The third kappa shape index (κ3) is 6.06. The average molecular weight is 376 g/mol. The van der Waals surface area contributed by atoms with Crippen molar-refractivity contribution in [1.82, 2.24) is 10.6 Å². The molecule has 0 bridgehead atoms. The monoisotopic (exact) mass is 376 g/mol. The Bertz CT molecular complexity index is 779. The van der Waals surface area contributed by atoms with Gasteiger partial charge < -0.3 is 15.4 Å². The Kier molecular flexibility index (Phi) is 7.28. The quantitative estimate of drug-likeness (QED) is 0.741. The second-order valence-corrected chi connectivity index (χ2v) is 5.94. The van der Waals surface area contributed by atoms with Crippen molar-refractivity contribution in [3.05, 3.63) is 65.2 Å². The van der Waals surface area contributed by atoms with Crippen molar-refractivity contribution in [2.75, 3.05) is 6.54 Å². The Morgan fingerprint density at radius 1 is 1.07 bits per heavy atom. The minimum atomic E-state index is -3.04. The molecule has 144 valence electrons. The summed E-state index contributed by atoms with van der Waals surface area (Å²) in [6.45, 7) is 0.584. The first-order chi connectivity index (χ1) is 12.9. The summed E-state index contributed by atoms with van der Waals surface area (Å²) in [7, 11) is 0. The van der Waals surface area contributed by atoms with Crippen LogP contribution in [-0.2, 0) is 11.2 Å². The van der Waals surface area contributed by atoms with E-state index in [2.05, 4.69) is 22.3 Å².